The summed E-state index contributed by atoms with van der Waals surface area (Å²) in [6.45, 7) is 10.9. The van der Waals surface area contributed by atoms with Crippen LogP contribution in [0.3, 0.4) is 0 Å². The molecule has 0 aromatic carbocycles. The molecule has 3 nitrogen and oxygen atoms in total. The zero-order chi connectivity index (χ0) is 9.99. The Balaban J connectivity index is 4.23. The molecule has 0 fully saturated rings. The Labute approximate surface area is 77.7 Å². The summed E-state index contributed by atoms with van der Waals surface area (Å²) in [5.41, 5.74) is 0. The highest BCUT2D eigenvalue weighted by molar-refractivity contribution is 7.70. The van der Waals surface area contributed by atoms with Gasteiger partial charge in [0.2, 0.25) is 10.9 Å². The van der Waals surface area contributed by atoms with Gasteiger partial charge in [-0.25, -0.2) is 13.1 Å². The largest absolute Gasteiger partial charge is 0.220 e. The van der Waals surface area contributed by atoms with E-state index < -0.39 is 19.0 Å². The summed E-state index contributed by atoms with van der Waals surface area (Å²) < 4.78 is 23.1. The van der Waals surface area contributed by atoms with E-state index in [2.05, 4.69) is 38.6 Å². The van der Waals surface area contributed by atoms with Crippen LogP contribution >= 0.6 is 0 Å². The van der Waals surface area contributed by atoms with Crippen molar-refractivity contribution in [3.05, 3.63) is 0 Å². The molecule has 0 bridgehead atoms. The summed E-state index contributed by atoms with van der Waals surface area (Å²) >= 11 is 0. The second kappa shape index (κ2) is 3.89. The zero-order valence-corrected chi connectivity index (χ0v) is 10.4. The quantitative estimate of drug-likeness (QED) is 0.541. The van der Waals surface area contributed by atoms with Crippen LogP contribution in [-0.4, -0.2) is 22.7 Å². The van der Waals surface area contributed by atoms with Gasteiger partial charge in [-0.05, 0) is 5.04 Å². The van der Waals surface area contributed by atoms with Crippen molar-refractivity contribution in [1.82, 2.24) is 4.72 Å². The third kappa shape index (κ3) is 3.69. The second-order valence-corrected chi connectivity index (χ2v) is 11.2. The highest BCUT2D eigenvalue weighted by Crippen LogP contribution is 2.34. The molecule has 0 unspecified atom stereocenters. The minimum Gasteiger partial charge on any atom is -0.220 e. The maximum Gasteiger partial charge on any atom is 0.201 e. The first-order valence-electron chi connectivity index (χ1n) is 4.05. The maximum absolute atomic E-state index is 10.3. The molecule has 1 N–H and O–H groups in total. The molecule has 0 spiro atoms. The van der Waals surface area contributed by atoms with Crippen molar-refractivity contribution in [2.45, 2.75) is 38.9 Å². The van der Waals surface area contributed by atoms with Gasteiger partial charge in [0.1, 0.15) is 0 Å². The molecule has 5 heteroatoms. The zero-order valence-electron chi connectivity index (χ0n) is 8.47. The van der Waals surface area contributed by atoms with Gasteiger partial charge in [0.15, 0.2) is 0 Å². The fraction of sp³-hybridized carbons (Fsp3) is 1.00. The van der Waals surface area contributed by atoms with Crippen LogP contribution < -0.4 is 4.72 Å². The molecule has 0 aliphatic heterocycles. The van der Waals surface area contributed by atoms with Crippen molar-refractivity contribution in [2.75, 3.05) is 6.17 Å². The van der Waals surface area contributed by atoms with Crippen LogP contribution in [0.2, 0.25) is 18.1 Å². The summed E-state index contributed by atoms with van der Waals surface area (Å²) in [5, 5.41) is 0.241. The van der Waals surface area contributed by atoms with Gasteiger partial charge in [0.25, 0.3) is 0 Å². The third-order valence-electron chi connectivity index (χ3n) is 2.68. The molecular formula is C7H19NO2SSi. The van der Waals surface area contributed by atoms with E-state index in [1.54, 1.807) is 0 Å². The molecule has 0 saturated heterocycles. The van der Waals surface area contributed by atoms with Crippen LogP contribution in [0.5, 0.6) is 0 Å². The Morgan fingerprint density at radius 1 is 1.25 bits per heavy atom. The van der Waals surface area contributed by atoms with Gasteiger partial charge in [-0.15, -0.1) is 0 Å². The lowest BCUT2D eigenvalue weighted by Crippen LogP contribution is -2.46. The molecule has 0 rings (SSSR count). The summed E-state index contributed by atoms with van der Waals surface area (Å²) in [6.07, 6.45) is 0.634. The second-order valence-electron chi connectivity index (χ2n) is 4.73. The SMILES string of the molecule is CC(C)(C)[Si](C)(C)CN[SH](=O)=O. The lowest BCUT2D eigenvalue weighted by Gasteiger charge is -2.36. The highest BCUT2D eigenvalue weighted by Gasteiger charge is 2.34. The smallest absolute Gasteiger partial charge is 0.201 e. The predicted molar refractivity (Wildman–Crippen MR) is 55.5 cm³/mol. The summed E-state index contributed by atoms with van der Waals surface area (Å²) in [7, 11) is -3.89. The Morgan fingerprint density at radius 3 is 1.92 bits per heavy atom. The van der Waals surface area contributed by atoms with E-state index >= 15 is 0 Å². The summed E-state index contributed by atoms with van der Waals surface area (Å²) in [6, 6.07) is 0. The van der Waals surface area contributed by atoms with Gasteiger partial charge >= 0.3 is 0 Å². The van der Waals surface area contributed by atoms with Crippen LogP contribution in [0.1, 0.15) is 20.8 Å². The van der Waals surface area contributed by atoms with Gasteiger partial charge in [-0.3, -0.25) is 0 Å². The topological polar surface area (TPSA) is 46.2 Å². The van der Waals surface area contributed by atoms with Gasteiger partial charge in [-0.2, -0.15) is 0 Å². The first kappa shape index (κ1) is 12.1. The molecule has 0 aromatic heterocycles. The van der Waals surface area contributed by atoms with Crippen LogP contribution in [-0.2, 0) is 10.9 Å². The van der Waals surface area contributed by atoms with E-state index in [9.17, 15) is 8.42 Å². The van der Waals surface area contributed by atoms with E-state index in [1.165, 1.54) is 0 Å². The van der Waals surface area contributed by atoms with E-state index in [0.29, 0.717) is 6.17 Å². The number of thiol groups is 1. The number of hydrogen-bond donors (Lipinski definition) is 2. The highest BCUT2D eigenvalue weighted by atomic mass is 32.2. The normalized spacial score (nSPS) is 13.8. The summed E-state index contributed by atoms with van der Waals surface area (Å²) in [5.74, 6) is 0. The molecule has 0 aliphatic rings. The summed E-state index contributed by atoms with van der Waals surface area (Å²) in [4.78, 5) is 0. The first-order valence-corrected chi connectivity index (χ1v) is 8.43. The number of hydrogen-bond acceptors (Lipinski definition) is 2. The van der Waals surface area contributed by atoms with Crippen molar-refractivity contribution in [1.29, 1.82) is 0 Å². The van der Waals surface area contributed by atoms with Crippen molar-refractivity contribution in [3.8, 4) is 0 Å². The molecule has 0 heterocycles. The third-order valence-corrected chi connectivity index (χ3v) is 8.52. The van der Waals surface area contributed by atoms with Gasteiger partial charge < -0.3 is 0 Å². The lowest BCUT2D eigenvalue weighted by molar-refractivity contribution is 0.605. The predicted octanol–water partition coefficient (Wildman–Crippen LogP) is 1.15. The maximum atomic E-state index is 10.3. The van der Waals surface area contributed by atoms with Crippen molar-refractivity contribution in [3.63, 3.8) is 0 Å². The molecule has 0 radical (unpaired) electrons. The minimum absolute atomic E-state index is 0.241. The van der Waals surface area contributed by atoms with Gasteiger partial charge in [0.05, 0.1) is 8.07 Å². The van der Waals surface area contributed by atoms with Crippen molar-refractivity contribution in [2.24, 2.45) is 0 Å². The Hall–Kier alpha value is 0.127. The lowest BCUT2D eigenvalue weighted by atomic mass is 10.2. The Bertz CT molecular complexity index is 210. The molecule has 0 aliphatic carbocycles. The molecule has 0 amide bonds. The molecule has 74 valence electrons. The van der Waals surface area contributed by atoms with E-state index in [-0.39, 0.29) is 5.04 Å². The minimum atomic E-state index is -2.43. The fourth-order valence-corrected chi connectivity index (χ4v) is 3.16. The van der Waals surface area contributed by atoms with Crippen LogP contribution in [0.25, 0.3) is 0 Å². The molecule has 0 aromatic rings. The van der Waals surface area contributed by atoms with Crippen LogP contribution in [0, 0.1) is 0 Å². The molecular weight excluding hydrogens is 190 g/mol. The fourth-order valence-electron chi connectivity index (χ4n) is 0.527. The van der Waals surface area contributed by atoms with Crippen LogP contribution in [0.4, 0.5) is 0 Å². The first-order chi connectivity index (χ1) is 5.17. The monoisotopic (exact) mass is 209 g/mol. The van der Waals surface area contributed by atoms with Gasteiger partial charge in [-0.1, -0.05) is 33.9 Å². The van der Waals surface area contributed by atoms with Crippen LogP contribution in [0.15, 0.2) is 0 Å². The van der Waals surface area contributed by atoms with Crippen molar-refractivity contribution >= 4 is 19.0 Å². The molecule has 0 saturated carbocycles. The van der Waals surface area contributed by atoms with E-state index in [0.717, 1.165) is 0 Å². The van der Waals surface area contributed by atoms with E-state index in [4.69, 9.17) is 0 Å². The van der Waals surface area contributed by atoms with Gasteiger partial charge in [0, 0.05) is 6.17 Å². The number of rotatable bonds is 3. The van der Waals surface area contributed by atoms with Crippen molar-refractivity contribution < 1.29 is 8.42 Å². The number of nitrogens with one attached hydrogen (secondary N) is 1. The Kier molecular flexibility index (Phi) is 3.93. The molecule has 0 atom stereocenters. The molecule has 12 heavy (non-hydrogen) atoms. The average Bonchev–Trinajstić information content (AvgIpc) is 1.81. The standard InChI is InChI=1S/C7H19NO2SSi/c1-7(2,3)12(4,5)6-8-11(9)10/h11H,6H2,1-5H3,(H,8,9,10). The van der Waals surface area contributed by atoms with E-state index in [1.807, 2.05) is 0 Å². The average molecular weight is 209 g/mol. The Morgan fingerprint density at radius 2 is 1.67 bits per heavy atom.